The monoisotopic (exact) mass is 328 g/mol. The summed E-state index contributed by atoms with van der Waals surface area (Å²) in [5.74, 6) is -1.40. The highest BCUT2D eigenvalue weighted by Crippen LogP contribution is 2.27. The zero-order valence-corrected chi connectivity index (χ0v) is 13.7. The van der Waals surface area contributed by atoms with Crippen LogP contribution in [0, 0.1) is 11.7 Å². The van der Waals surface area contributed by atoms with Crippen LogP contribution >= 0.6 is 0 Å². The van der Waals surface area contributed by atoms with Crippen molar-refractivity contribution in [2.24, 2.45) is 5.92 Å². The van der Waals surface area contributed by atoms with Crippen molar-refractivity contribution in [3.05, 3.63) is 54.1 Å². The molecule has 0 bridgehead atoms. The molecule has 1 aliphatic rings. The molecule has 2 atom stereocenters. The number of nitrogens with zero attached hydrogens (tertiary/aromatic N) is 2. The summed E-state index contributed by atoms with van der Waals surface area (Å²) < 4.78 is 14.5. The summed E-state index contributed by atoms with van der Waals surface area (Å²) in [6.07, 6.45) is 4.89. The highest BCUT2D eigenvalue weighted by Gasteiger charge is 2.32. The second kappa shape index (κ2) is 7.09. The second-order valence-electron chi connectivity index (χ2n) is 6.34. The Kier molecular flexibility index (Phi) is 4.90. The van der Waals surface area contributed by atoms with Gasteiger partial charge in [0.2, 0.25) is 0 Å². The molecule has 2 heterocycles. The van der Waals surface area contributed by atoms with Crippen LogP contribution in [0.5, 0.6) is 0 Å². The first-order valence-corrected chi connectivity index (χ1v) is 8.22. The number of aliphatic carboxylic acids is 1. The number of carboxylic acid groups (broad SMARTS) is 1. The molecule has 4 nitrogen and oxygen atoms in total. The molecule has 0 radical (unpaired) electrons. The third-order valence-electron chi connectivity index (χ3n) is 4.88. The highest BCUT2D eigenvalue weighted by molar-refractivity contribution is 5.71. The SMILES string of the molecule is C[C@@H]1[C@H](C(=O)O)CCCN1Cc1ccc(-c2ccncc2)cc1F. The molecule has 2 aromatic rings. The number of halogens is 1. The zero-order chi connectivity index (χ0) is 17.1. The lowest BCUT2D eigenvalue weighted by Crippen LogP contribution is -2.45. The molecule has 3 rings (SSSR count). The summed E-state index contributed by atoms with van der Waals surface area (Å²) >= 11 is 0. The molecule has 0 unspecified atom stereocenters. The van der Waals surface area contributed by atoms with Crippen LogP contribution in [0.3, 0.4) is 0 Å². The van der Waals surface area contributed by atoms with E-state index in [1.807, 2.05) is 25.1 Å². The maximum atomic E-state index is 14.5. The number of piperidine rings is 1. The van der Waals surface area contributed by atoms with E-state index in [0.29, 0.717) is 18.5 Å². The minimum Gasteiger partial charge on any atom is -0.481 e. The predicted molar refractivity (Wildman–Crippen MR) is 89.9 cm³/mol. The fourth-order valence-electron chi connectivity index (χ4n) is 3.38. The number of hydrogen-bond acceptors (Lipinski definition) is 3. The number of aromatic nitrogens is 1. The summed E-state index contributed by atoms with van der Waals surface area (Å²) in [6, 6.07) is 8.83. The molecular formula is C19H21FN2O2. The first-order valence-electron chi connectivity index (χ1n) is 8.22. The molecule has 1 saturated heterocycles. The third-order valence-corrected chi connectivity index (χ3v) is 4.88. The lowest BCUT2D eigenvalue weighted by atomic mass is 9.90. The van der Waals surface area contributed by atoms with E-state index in [1.54, 1.807) is 18.5 Å². The van der Waals surface area contributed by atoms with Gasteiger partial charge in [-0.3, -0.25) is 14.7 Å². The molecule has 1 aliphatic heterocycles. The van der Waals surface area contributed by atoms with Gasteiger partial charge in [-0.25, -0.2) is 4.39 Å². The number of carboxylic acids is 1. The van der Waals surface area contributed by atoms with Gasteiger partial charge in [-0.05, 0) is 55.6 Å². The van der Waals surface area contributed by atoms with Crippen molar-refractivity contribution in [1.82, 2.24) is 9.88 Å². The van der Waals surface area contributed by atoms with Crippen molar-refractivity contribution in [3.8, 4) is 11.1 Å². The Morgan fingerprint density at radius 2 is 2.04 bits per heavy atom. The summed E-state index contributed by atoms with van der Waals surface area (Å²) in [5, 5.41) is 9.30. The molecule has 24 heavy (non-hydrogen) atoms. The minimum absolute atomic E-state index is 0.0875. The molecule has 5 heteroatoms. The van der Waals surface area contributed by atoms with E-state index < -0.39 is 5.97 Å². The Balaban J connectivity index is 1.77. The van der Waals surface area contributed by atoms with Crippen LogP contribution in [-0.2, 0) is 11.3 Å². The molecule has 1 aromatic carbocycles. The third kappa shape index (κ3) is 3.46. The van der Waals surface area contributed by atoms with Crippen LogP contribution in [0.4, 0.5) is 4.39 Å². The molecular weight excluding hydrogens is 307 g/mol. The quantitative estimate of drug-likeness (QED) is 0.932. The number of benzene rings is 1. The van der Waals surface area contributed by atoms with E-state index in [4.69, 9.17) is 0 Å². The molecule has 1 fully saturated rings. The van der Waals surface area contributed by atoms with Crippen LogP contribution in [-0.4, -0.2) is 33.5 Å². The minimum atomic E-state index is -0.763. The van der Waals surface area contributed by atoms with E-state index in [2.05, 4.69) is 9.88 Å². The average Bonchev–Trinajstić information content (AvgIpc) is 2.59. The Morgan fingerprint density at radius 1 is 1.29 bits per heavy atom. The highest BCUT2D eigenvalue weighted by atomic mass is 19.1. The Hall–Kier alpha value is -2.27. The maximum absolute atomic E-state index is 14.5. The van der Waals surface area contributed by atoms with Crippen LogP contribution in [0.15, 0.2) is 42.7 Å². The average molecular weight is 328 g/mol. The summed E-state index contributed by atoms with van der Waals surface area (Å²) in [5.41, 5.74) is 2.34. The second-order valence-corrected chi connectivity index (χ2v) is 6.34. The molecule has 0 amide bonds. The summed E-state index contributed by atoms with van der Waals surface area (Å²) in [6.45, 7) is 3.16. The Bertz CT molecular complexity index is 721. The van der Waals surface area contributed by atoms with Crippen molar-refractivity contribution < 1.29 is 14.3 Å². The van der Waals surface area contributed by atoms with Crippen molar-refractivity contribution in [2.75, 3.05) is 6.54 Å². The van der Waals surface area contributed by atoms with Crippen LogP contribution in [0.2, 0.25) is 0 Å². The maximum Gasteiger partial charge on any atom is 0.308 e. The number of likely N-dealkylation sites (tertiary alicyclic amines) is 1. The molecule has 1 N–H and O–H groups in total. The van der Waals surface area contributed by atoms with Gasteiger partial charge in [0, 0.05) is 30.5 Å². The lowest BCUT2D eigenvalue weighted by molar-refractivity contribution is -0.145. The topological polar surface area (TPSA) is 53.4 Å². The van der Waals surface area contributed by atoms with Crippen LogP contribution < -0.4 is 0 Å². The van der Waals surface area contributed by atoms with Gasteiger partial charge in [0.25, 0.3) is 0 Å². The smallest absolute Gasteiger partial charge is 0.308 e. The van der Waals surface area contributed by atoms with E-state index in [0.717, 1.165) is 24.1 Å². The van der Waals surface area contributed by atoms with Crippen molar-refractivity contribution in [3.63, 3.8) is 0 Å². The van der Waals surface area contributed by atoms with Gasteiger partial charge in [0.05, 0.1) is 5.92 Å². The van der Waals surface area contributed by atoms with Gasteiger partial charge in [-0.1, -0.05) is 12.1 Å². The van der Waals surface area contributed by atoms with Gasteiger partial charge in [-0.15, -0.1) is 0 Å². The number of hydrogen-bond donors (Lipinski definition) is 1. The molecule has 0 spiro atoms. The number of carbonyl (C=O) groups is 1. The molecule has 126 valence electrons. The van der Waals surface area contributed by atoms with E-state index >= 15 is 0 Å². The van der Waals surface area contributed by atoms with Crippen LogP contribution in [0.25, 0.3) is 11.1 Å². The Labute approximate surface area is 141 Å². The fourth-order valence-corrected chi connectivity index (χ4v) is 3.38. The molecule has 0 saturated carbocycles. The van der Waals surface area contributed by atoms with Crippen molar-refractivity contribution in [2.45, 2.75) is 32.4 Å². The van der Waals surface area contributed by atoms with Gasteiger partial charge in [-0.2, -0.15) is 0 Å². The van der Waals surface area contributed by atoms with E-state index in [-0.39, 0.29) is 17.8 Å². The molecule has 1 aromatic heterocycles. The van der Waals surface area contributed by atoms with Gasteiger partial charge in [0.15, 0.2) is 0 Å². The van der Waals surface area contributed by atoms with E-state index in [1.165, 1.54) is 6.07 Å². The van der Waals surface area contributed by atoms with Crippen molar-refractivity contribution in [1.29, 1.82) is 0 Å². The Morgan fingerprint density at radius 3 is 2.71 bits per heavy atom. The van der Waals surface area contributed by atoms with Crippen LogP contribution in [0.1, 0.15) is 25.3 Å². The van der Waals surface area contributed by atoms with Gasteiger partial charge >= 0.3 is 5.97 Å². The lowest BCUT2D eigenvalue weighted by Gasteiger charge is -2.37. The first-order chi connectivity index (χ1) is 11.6. The number of pyridine rings is 1. The van der Waals surface area contributed by atoms with Gasteiger partial charge < -0.3 is 5.11 Å². The van der Waals surface area contributed by atoms with Gasteiger partial charge in [0.1, 0.15) is 5.82 Å². The normalized spacial score (nSPS) is 21.6. The molecule has 0 aliphatic carbocycles. The standard InChI is InChI=1S/C19H21FN2O2/c1-13-17(19(23)24)3-2-10-22(13)12-16-5-4-15(11-18(16)20)14-6-8-21-9-7-14/h4-9,11,13,17H,2-3,10,12H2,1H3,(H,23,24)/t13-,17-/m1/s1. The predicted octanol–water partition coefficient (Wildman–Crippen LogP) is 3.57. The zero-order valence-electron chi connectivity index (χ0n) is 13.7. The van der Waals surface area contributed by atoms with E-state index in [9.17, 15) is 14.3 Å². The largest absolute Gasteiger partial charge is 0.481 e. The van der Waals surface area contributed by atoms with Crippen molar-refractivity contribution >= 4 is 5.97 Å². The fraction of sp³-hybridized carbons (Fsp3) is 0.368. The first kappa shape index (κ1) is 16.6. The number of rotatable bonds is 4. The summed E-state index contributed by atoms with van der Waals surface area (Å²) in [4.78, 5) is 17.4. The summed E-state index contributed by atoms with van der Waals surface area (Å²) in [7, 11) is 0.